The summed E-state index contributed by atoms with van der Waals surface area (Å²) in [6, 6.07) is 0. The number of ether oxygens (including phenoxy) is 1. The van der Waals surface area contributed by atoms with E-state index >= 15 is 0 Å². The van der Waals surface area contributed by atoms with E-state index in [-0.39, 0.29) is 17.9 Å². The summed E-state index contributed by atoms with van der Waals surface area (Å²) in [4.78, 5) is 14.1. The van der Waals surface area contributed by atoms with E-state index in [0.717, 1.165) is 32.2 Å². The van der Waals surface area contributed by atoms with Gasteiger partial charge in [0.2, 0.25) is 5.91 Å². The van der Waals surface area contributed by atoms with Crippen molar-refractivity contribution in [2.75, 3.05) is 26.7 Å². The number of nitrogens with zero attached hydrogens (tertiary/aromatic N) is 1. The average Bonchev–Trinajstić information content (AvgIpc) is 2.35. The monoisotopic (exact) mass is 228 g/mol. The van der Waals surface area contributed by atoms with Crippen molar-refractivity contribution >= 4 is 5.91 Å². The molecule has 0 radical (unpaired) electrons. The minimum absolute atomic E-state index is 0.144. The molecule has 2 N–H and O–H groups in total. The van der Waals surface area contributed by atoms with Gasteiger partial charge in [0.1, 0.15) is 0 Å². The fourth-order valence-electron chi connectivity index (χ4n) is 2.42. The summed E-state index contributed by atoms with van der Waals surface area (Å²) in [5, 5.41) is 0. The second kappa shape index (κ2) is 6.86. The van der Waals surface area contributed by atoms with E-state index in [2.05, 4.69) is 0 Å². The molecule has 1 rings (SSSR count). The molecular weight excluding hydrogens is 204 g/mol. The van der Waals surface area contributed by atoms with E-state index in [1.54, 1.807) is 7.11 Å². The highest BCUT2D eigenvalue weighted by atomic mass is 16.5. The number of hydrogen-bond acceptors (Lipinski definition) is 3. The first-order valence-corrected chi connectivity index (χ1v) is 6.24. The minimum atomic E-state index is 0.144. The summed E-state index contributed by atoms with van der Waals surface area (Å²) in [6.07, 6.45) is 4.31. The Morgan fingerprint density at radius 1 is 1.50 bits per heavy atom. The van der Waals surface area contributed by atoms with Crippen LogP contribution in [-0.4, -0.2) is 43.7 Å². The molecule has 4 heteroatoms. The molecule has 1 saturated carbocycles. The molecule has 2 atom stereocenters. The van der Waals surface area contributed by atoms with Crippen LogP contribution in [0.2, 0.25) is 0 Å². The van der Waals surface area contributed by atoms with Crippen molar-refractivity contribution in [2.24, 2.45) is 11.7 Å². The quantitative estimate of drug-likeness (QED) is 0.763. The average molecular weight is 228 g/mol. The molecule has 0 bridgehead atoms. The zero-order valence-corrected chi connectivity index (χ0v) is 10.4. The molecule has 1 aliphatic rings. The van der Waals surface area contributed by atoms with Crippen LogP contribution in [0, 0.1) is 5.92 Å². The maximum Gasteiger partial charge on any atom is 0.225 e. The Hall–Kier alpha value is -0.610. The fourth-order valence-corrected chi connectivity index (χ4v) is 2.42. The Bertz CT molecular complexity index is 221. The molecule has 0 aromatic rings. The topological polar surface area (TPSA) is 55.6 Å². The first kappa shape index (κ1) is 13.5. The summed E-state index contributed by atoms with van der Waals surface area (Å²) in [6.45, 7) is 3.97. The van der Waals surface area contributed by atoms with Gasteiger partial charge in [0.15, 0.2) is 0 Å². The number of nitrogens with two attached hydrogens (primary N) is 1. The Labute approximate surface area is 98.1 Å². The van der Waals surface area contributed by atoms with Crippen LogP contribution >= 0.6 is 0 Å². The van der Waals surface area contributed by atoms with E-state index in [4.69, 9.17) is 10.5 Å². The lowest BCUT2D eigenvalue weighted by Gasteiger charge is -2.31. The van der Waals surface area contributed by atoms with Gasteiger partial charge in [-0.15, -0.1) is 0 Å². The SMILES string of the molecule is CCN(CCN)C(=O)C1CCCC(OC)C1. The third-order valence-electron chi connectivity index (χ3n) is 3.40. The second-order valence-corrected chi connectivity index (χ2v) is 4.43. The van der Waals surface area contributed by atoms with Gasteiger partial charge in [0.05, 0.1) is 6.10 Å². The molecule has 0 aliphatic heterocycles. The lowest BCUT2D eigenvalue weighted by atomic mass is 9.86. The highest BCUT2D eigenvalue weighted by Crippen LogP contribution is 2.27. The van der Waals surface area contributed by atoms with Crippen LogP contribution < -0.4 is 5.73 Å². The van der Waals surface area contributed by atoms with Gasteiger partial charge in [-0.2, -0.15) is 0 Å². The molecule has 4 nitrogen and oxygen atoms in total. The molecule has 94 valence electrons. The Morgan fingerprint density at radius 3 is 2.81 bits per heavy atom. The van der Waals surface area contributed by atoms with Crippen molar-refractivity contribution in [1.82, 2.24) is 4.90 Å². The second-order valence-electron chi connectivity index (χ2n) is 4.43. The normalized spacial score (nSPS) is 25.4. The van der Waals surface area contributed by atoms with E-state index in [1.165, 1.54) is 0 Å². The first-order chi connectivity index (χ1) is 7.72. The fraction of sp³-hybridized carbons (Fsp3) is 0.917. The number of hydrogen-bond donors (Lipinski definition) is 1. The maximum atomic E-state index is 12.2. The molecule has 1 aliphatic carbocycles. The Morgan fingerprint density at radius 2 is 2.25 bits per heavy atom. The minimum Gasteiger partial charge on any atom is -0.381 e. The van der Waals surface area contributed by atoms with Crippen LogP contribution in [-0.2, 0) is 9.53 Å². The van der Waals surface area contributed by atoms with E-state index in [1.807, 2.05) is 11.8 Å². The number of amides is 1. The molecule has 16 heavy (non-hydrogen) atoms. The lowest BCUT2D eigenvalue weighted by Crippen LogP contribution is -2.41. The van der Waals surface area contributed by atoms with Crippen LogP contribution in [0.15, 0.2) is 0 Å². The standard InChI is InChI=1S/C12H24N2O2/c1-3-14(8-7-13)12(15)10-5-4-6-11(9-10)16-2/h10-11H,3-9,13H2,1-2H3. The molecule has 0 aromatic carbocycles. The smallest absolute Gasteiger partial charge is 0.225 e. The lowest BCUT2D eigenvalue weighted by molar-refractivity contribution is -0.137. The number of carbonyl (C=O) groups excluding carboxylic acids is 1. The summed E-state index contributed by atoms with van der Waals surface area (Å²) in [5.41, 5.74) is 5.51. The number of likely N-dealkylation sites (N-methyl/N-ethyl adjacent to an activating group) is 1. The van der Waals surface area contributed by atoms with Crippen molar-refractivity contribution in [3.63, 3.8) is 0 Å². The summed E-state index contributed by atoms with van der Waals surface area (Å²) < 4.78 is 5.35. The zero-order chi connectivity index (χ0) is 12.0. The molecular formula is C12H24N2O2. The van der Waals surface area contributed by atoms with Crippen LogP contribution in [0.1, 0.15) is 32.6 Å². The van der Waals surface area contributed by atoms with Gasteiger partial charge in [0, 0.05) is 32.7 Å². The molecule has 2 unspecified atom stereocenters. The molecule has 1 fully saturated rings. The summed E-state index contributed by atoms with van der Waals surface area (Å²) in [7, 11) is 1.73. The number of carbonyl (C=O) groups is 1. The van der Waals surface area contributed by atoms with E-state index in [0.29, 0.717) is 13.1 Å². The van der Waals surface area contributed by atoms with E-state index < -0.39 is 0 Å². The number of methoxy groups -OCH3 is 1. The van der Waals surface area contributed by atoms with E-state index in [9.17, 15) is 4.79 Å². The van der Waals surface area contributed by atoms with Gasteiger partial charge in [-0.1, -0.05) is 6.42 Å². The predicted molar refractivity (Wildman–Crippen MR) is 64.1 cm³/mol. The van der Waals surface area contributed by atoms with Crippen molar-refractivity contribution in [2.45, 2.75) is 38.7 Å². The summed E-state index contributed by atoms with van der Waals surface area (Å²) in [5.74, 6) is 0.403. The highest BCUT2D eigenvalue weighted by Gasteiger charge is 2.29. The van der Waals surface area contributed by atoms with Gasteiger partial charge < -0.3 is 15.4 Å². The van der Waals surface area contributed by atoms with Crippen molar-refractivity contribution in [1.29, 1.82) is 0 Å². The molecule has 1 amide bonds. The maximum absolute atomic E-state index is 12.2. The van der Waals surface area contributed by atoms with Crippen LogP contribution in [0.3, 0.4) is 0 Å². The third-order valence-corrected chi connectivity index (χ3v) is 3.40. The predicted octanol–water partition coefficient (Wildman–Crippen LogP) is 0.999. The van der Waals surface area contributed by atoms with Crippen LogP contribution in [0.5, 0.6) is 0 Å². The number of rotatable bonds is 5. The summed E-state index contributed by atoms with van der Waals surface area (Å²) >= 11 is 0. The van der Waals surface area contributed by atoms with Gasteiger partial charge in [-0.3, -0.25) is 4.79 Å². The van der Waals surface area contributed by atoms with Crippen LogP contribution in [0.4, 0.5) is 0 Å². The van der Waals surface area contributed by atoms with Gasteiger partial charge in [-0.25, -0.2) is 0 Å². The van der Waals surface area contributed by atoms with Crippen molar-refractivity contribution in [3.05, 3.63) is 0 Å². The van der Waals surface area contributed by atoms with Gasteiger partial charge >= 0.3 is 0 Å². The Balaban J connectivity index is 2.51. The highest BCUT2D eigenvalue weighted by molar-refractivity contribution is 5.79. The van der Waals surface area contributed by atoms with Gasteiger partial charge in [0.25, 0.3) is 0 Å². The van der Waals surface area contributed by atoms with Crippen LogP contribution in [0.25, 0.3) is 0 Å². The largest absolute Gasteiger partial charge is 0.381 e. The van der Waals surface area contributed by atoms with Crippen molar-refractivity contribution < 1.29 is 9.53 Å². The first-order valence-electron chi connectivity index (χ1n) is 6.24. The molecule has 0 heterocycles. The molecule has 0 spiro atoms. The Kier molecular flexibility index (Phi) is 5.77. The molecule has 0 aromatic heterocycles. The molecule has 0 saturated heterocycles. The third kappa shape index (κ3) is 3.46. The van der Waals surface area contributed by atoms with Crippen molar-refractivity contribution in [3.8, 4) is 0 Å². The van der Waals surface area contributed by atoms with Gasteiger partial charge in [-0.05, 0) is 26.2 Å². The zero-order valence-electron chi connectivity index (χ0n) is 10.4.